The number of benzene rings is 2. The van der Waals surface area contributed by atoms with Crippen LogP contribution in [0.3, 0.4) is 0 Å². The smallest absolute Gasteiger partial charge is 0.195 e. The normalized spacial score (nSPS) is 10.7. The average Bonchev–Trinajstić information content (AvgIpc) is 2.61. The Morgan fingerprint density at radius 2 is 1.88 bits per heavy atom. The zero-order valence-electron chi connectivity index (χ0n) is 14.8. The second kappa shape index (κ2) is 10.8. The average molecular weight is 477 g/mol. The van der Waals surface area contributed by atoms with Gasteiger partial charge in [-0.2, -0.15) is 0 Å². The Morgan fingerprint density at radius 3 is 2.54 bits per heavy atom. The number of guanidine groups is 1. The molecule has 0 saturated carbocycles. The SMILES string of the molecule is CCOc1cc(NC(=NC)NCc2cc(F)ccc2F)ccc1OC.I. The summed E-state index contributed by atoms with van der Waals surface area (Å²) in [5.41, 5.74) is 0.935. The van der Waals surface area contributed by atoms with Crippen LogP contribution in [0, 0.1) is 11.6 Å². The van der Waals surface area contributed by atoms with Gasteiger partial charge in [0.05, 0.1) is 13.7 Å². The molecular weight excluding hydrogens is 455 g/mol. The minimum absolute atomic E-state index is 0. The van der Waals surface area contributed by atoms with E-state index in [1.165, 1.54) is 0 Å². The van der Waals surface area contributed by atoms with Gasteiger partial charge in [0, 0.05) is 30.9 Å². The van der Waals surface area contributed by atoms with E-state index in [1.807, 2.05) is 6.92 Å². The van der Waals surface area contributed by atoms with Crippen molar-refractivity contribution in [3.8, 4) is 11.5 Å². The molecule has 26 heavy (non-hydrogen) atoms. The predicted octanol–water partition coefficient (Wildman–Crippen LogP) is 4.18. The van der Waals surface area contributed by atoms with Crippen molar-refractivity contribution in [3.05, 3.63) is 53.6 Å². The Kier molecular flexibility index (Phi) is 9.11. The molecule has 0 aliphatic rings. The number of halogens is 3. The molecule has 0 saturated heterocycles. The van der Waals surface area contributed by atoms with Gasteiger partial charge < -0.3 is 20.1 Å². The summed E-state index contributed by atoms with van der Waals surface area (Å²) < 4.78 is 37.7. The standard InChI is InChI=1S/C18H21F2N3O2.HI/c1-4-25-17-10-14(6-8-16(17)24-3)23-18(21-2)22-11-12-9-13(19)5-7-15(12)20;/h5-10H,4,11H2,1-3H3,(H2,21,22,23);1H. The molecule has 0 fully saturated rings. The van der Waals surface area contributed by atoms with Crippen molar-refractivity contribution in [2.45, 2.75) is 13.5 Å². The second-order valence-corrected chi connectivity index (χ2v) is 5.09. The summed E-state index contributed by atoms with van der Waals surface area (Å²) in [5.74, 6) is 0.667. The van der Waals surface area contributed by atoms with Crippen LogP contribution in [0.1, 0.15) is 12.5 Å². The number of nitrogens with zero attached hydrogens (tertiary/aromatic N) is 1. The number of aliphatic imine (C=N–C) groups is 1. The zero-order chi connectivity index (χ0) is 18.2. The molecule has 142 valence electrons. The fraction of sp³-hybridized carbons (Fsp3) is 0.278. The van der Waals surface area contributed by atoms with Crippen molar-refractivity contribution in [3.63, 3.8) is 0 Å². The molecule has 5 nitrogen and oxygen atoms in total. The monoisotopic (exact) mass is 477 g/mol. The van der Waals surface area contributed by atoms with Crippen LogP contribution in [0.25, 0.3) is 0 Å². The molecule has 0 amide bonds. The van der Waals surface area contributed by atoms with Gasteiger partial charge in [0.25, 0.3) is 0 Å². The van der Waals surface area contributed by atoms with E-state index in [1.54, 1.807) is 32.4 Å². The molecule has 0 unspecified atom stereocenters. The van der Waals surface area contributed by atoms with Gasteiger partial charge in [-0.3, -0.25) is 4.99 Å². The lowest BCUT2D eigenvalue weighted by atomic mass is 10.2. The summed E-state index contributed by atoms with van der Waals surface area (Å²) in [6.45, 7) is 2.48. The van der Waals surface area contributed by atoms with E-state index in [9.17, 15) is 8.78 Å². The number of nitrogens with one attached hydrogen (secondary N) is 2. The van der Waals surface area contributed by atoms with Crippen LogP contribution in [-0.4, -0.2) is 26.7 Å². The van der Waals surface area contributed by atoms with E-state index in [4.69, 9.17) is 9.47 Å². The van der Waals surface area contributed by atoms with Gasteiger partial charge in [0.1, 0.15) is 11.6 Å². The maximum Gasteiger partial charge on any atom is 0.195 e. The van der Waals surface area contributed by atoms with E-state index in [-0.39, 0.29) is 36.1 Å². The molecule has 0 heterocycles. The first kappa shape index (κ1) is 21.9. The fourth-order valence-corrected chi connectivity index (χ4v) is 2.20. The molecule has 2 N–H and O–H groups in total. The van der Waals surface area contributed by atoms with Crippen molar-refractivity contribution < 1.29 is 18.3 Å². The van der Waals surface area contributed by atoms with Crippen LogP contribution in [-0.2, 0) is 6.54 Å². The molecule has 2 rings (SSSR count). The van der Waals surface area contributed by atoms with Crippen LogP contribution in [0.15, 0.2) is 41.4 Å². The highest BCUT2D eigenvalue weighted by molar-refractivity contribution is 14.0. The van der Waals surface area contributed by atoms with Crippen LogP contribution in [0.5, 0.6) is 11.5 Å². The number of ether oxygens (including phenoxy) is 2. The van der Waals surface area contributed by atoms with Crippen molar-refractivity contribution in [2.75, 3.05) is 26.1 Å². The summed E-state index contributed by atoms with van der Waals surface area (Å²) in [5, 5.41) is 6.01. The summed E-state index contributed by atoms with van der Waals surface area (Å²) in [6, 6.07) is 8.68. The third kappa shape index (κ3) is 6.01. The molecule has 0 radical (unpaired) electrons. The topological polar surface area (TPSA) is 54.9 Å². The van der Waals surface area contributed by atoms with E-state index >= 15 is 0 Å². The Bertz CT molecular complexity index is 757. The lowest BCUT2D eigenvalue weighted by Gasteiger charge is -2.15. The molecule has 2 aromatic rings. The number of rotatable bonds is 6. The van der Waals surface area contributed by atoms with Crippen LogP contribution in [0.2, 0.25) is 0 Å². The Balaban J connectivity index is 0.00000338. The van der Waals surface area contributed by atoms with Crippen molar-refractivity contribution >= 4 is 35.6 Å². The van der Waals surface area contributed by atoms with E-state index < -0.39 is 11.6 Å². The molecule has 2 aromatic carbocycles. The molecule has 8 heteroatoms. The van der Waals surface area contributed by atoms with Crippen molar-refractivity contribution in [1.82, 2.24) is 5.32 Å². The lowest BCUT2D eigenvalue weighted by Crippen LogP contribution is -2.30. The molecule has 0 atom stereocenters. The van der Waals surface area contributed by atoms with Crippen LogP contribution in [0.4, 0.5) is 14.5 Å². The number of methoxy groups -OCH3 is 1. The summed E-state index contributed by atoms with van der Waals surface area (Å²) >= 11 is 0. The van der Waals surface area contributed by atoms with E-state index in [2.05, 4.69) is 15.6 Å². The van der Waals surface area contributed by atoms with E-state index in [0.29, 0.717) is 24.1 Å². The van der Waals surface area contributed by atoms with Crippen LogP contribution < -0.4 is 20.1 Å². The van der Waals surface area contributed by atoms with Gasteiger partial charge >= 0.3 is 0 Å². The lowest BCUT2D eigenvalue weighted by molar-refractivity contribution is 0.311. The molecule has 0 aliphatic carbocycles. The molecule has 0 bridgehead atoms. The van der Waals surface area contributed by atoms with Gasteiger partial charge in [-0.15, -0.1) is 24.0 Å². The number of hydrogen-bond acceptors (Lipinski definition) is 3. The largest absolute Gasteiger partial charge is 0.493 e. The third-order valence-corrected chi connectivity index (χ3v) is 3.40. The first-order chi connectivity index (χ1) is 12.1. The summed E-state index contributed by atoms with van der Waals surface area (Å²) in [6.07, 6.45) is 0. The second-order valence-electron chi connectivity index (χ2n) is 5.09. The van der Waals surface area contributed by atoms with E-state index in [0.717, 1.165) is 23.9 Å². The van der Waals surface area contributed by atoms with Gasteiger partial charge in [-0.05, 0) is 37.3 Å². The Morgan fingerprint density at radius 1 is 1.12 bits per heavy atom. The van der Waals surface area contributed by atoms with Crippen molar-refractivity contribution in [1.29, 1.82) is 0 Å². The zero-order valence-corrected chi connectivity index (χ0v) is 17.1. The molecular formula is C18H22F2IN3O2. The molecule has 0 aliphatic heterocycles. The highest BCUT2D eigenvalue weighted by atomic mass is 127. The molecule has 0 aromatic heterocycles. The quantitative estimate of drug-likeness (QED) is 0.373. The predicted molar refractivity (Wildman–Crippen MR) is 110 cm³/mol. The maximum atomic E-state index is 13.7. The first-order valence-electron chi connectivity index (χ1n) is 7.79. The molecule has 0 spiro atoms. The van der Waals surface area contributed by atoms with Gasteiger partial charge in [0.2, 0.25) is 0 Å². The number of hydrogen-bond donors (Lipinski definition) is 2. The van der Waals surface area contributed by atoms with Gasteiger partial charge in [-0.1, -0.05) is 0 Å². The van der Waals surface area contributed by atoms with Crippen LogP contribution >= 0.6 is 24.0 Å². The highest BCUT2D eigenvalue weighted by Crippen LogP contribution is 2.30. The number of anilines is 1. The minimum atomic E-state index is -0.488. The first-order valence-corrected chi connectivity index (χ1v) is 7.79. The fourth-order valence-electron chi connectivity index (χ4n) is 2.20. The summed E-state index contributed by atoms with van der Waals surface area (Å²) in [7, 11) is 3.16. The maximum absolute atomic E-state index is 13.7. The Labute approximate surface area is 168 Å². The minimum Gasteiger partial charge on any atom is -0.493 e. The Hall–Kier alpha value is -2.10. The third-order valence-electron chi connectivity index (χ3n) is 3.40. The summed E-state index contributed by atoms with van der Waals surface area (Å²) in [4.78, 5) is 4.07. The van der Waals surface area contributed by atoms with Crippen molar-refractivity contribution in [2.24, 2.45) is 4.99 Å². The van der Waals surface area contributed by atoms with Gasteiger partial charge in [0.15, 0.2) is 17.5 Å². The highest BCUT2D eigenvalue weighted by Gasteiger charge is 2.08. The van der Waals surface area contributed by atoms with Gasteiger partial charge in [-0.25, -0.2) is 8.78 Å².